The molecule has 1 aliphatic carbocycles. The molecule has 3 rings (SSSR count). The van der Waals surface area contributed by atoms with Gasteiger partial charge in [0.25, 0.3) is 0 Å². The van der Waals surface area contributed by atoms with Crippen molar-refractivity contribution < 1.29 is 14.7 Å². The van der Waals surface area contributed by atoms with Crippen molar-refractivity contribution in [3.05, 3.63) is 70.3 Å². The zero-order valence-corrected chi connectivity index (χ0v) is 16.4. The van der Waals surface area contributed by atoms with E-state index in [2.05, 4.69) is 51.2 Å². The molecule has 0 radical (unpaired) electrons. The Bertz CT molecular complexity index is 866. The predicted octanol–water partition coefficient (Wildman–Crippen LogP) is 4.57. The molecule has 0 fully saturated rings. The number of nitrogens with one attached hydrogen (secondary N) is 1. The van der Waals surface area contributed by atoms with Gasteiger partial charge in [-0.05, 0) is 58.1 Å². The molecule has 0 bridgehead atoms. The highest BCUT2D eigenvalue weighted by Crippen LogP contribution is 2.46. The molecule has 1 atom stereocenters. The molecule has 1 aliphatic rings. The average Bonchev–Trinajstić information content (AvgIpc) is 2.63. The van der Waals surface area contributed by atoms with Crippen molar-refractivity contribution in [3.63, 3.8) is 0 Å². The number of aromatic carboxylic acids is 1. The summed E-state index contributed by atoms with van der Waals surface area (Å²) in [7, 11) is 0. The fourth-order valence-electron chi connectivity index (χ4n) is 4.06. The van der Waals surface area contributed by atoms with Gasteiger partial charge in [0.1, 0.15) is 0 Å². The molecule has 1 amide bonds. The third-order valence-corrected chi connectivity index (χ3v) is 5.94. The van der Waals surface area contributed by atoms with Gasteiger partial charge in [0.15, 0.2) is 0 Å². The number of rotatable bonds is 5. The molecular weight excluding hydrogens is 338 g/mol. The Labute approximate surface area is 160 Å². The third kappa shape index (κ3) is 3.61. The molecule has 0 spiro atoms. The minimum Gasteiger partial charge on any atom is -0.478 e. The number of fused-ring (bicyclic) bond motifs is 1. The van der Waals surface area contributed by atoms with Gasteiger partial charge in [0, 0.05) is 0 Å². The lowest BCUT2D eigenvalue weighted by Gasteiger charge is -2.42. The van der Waals surface area contributed by atoms with Crippen molar-refractivity contribution in [2.75, 3.05) is 0 Å². The molecule has 0 heterocycles. The first-order valence-corrected chi connectivity index (χ1v) is 9.33. The standard InChI is InChI=1S/C23H27NO3/c1-22(2)11-12-23(3,4)19-13-17(9-10-18(19)22)20(24-14-25)15-5-7-16(8-6-15)21(26)27/h5-10,13-14,20H,11-12H2,1-4H3,(H,24,25)(H,26,27). The van der Waals surface area contributed by atoms with E-state index >= 15 is 0 Å². The zero-order chi connectivity index (χ0) is 19.8. The number of hydrogen-bond donors (Lipinski definition) is 2. The first-order chi connectivity index (χ1) is 12.7. The normalized spacial score (nSPS) is 18.2. The lowest BCUT2D eigenvalue weighted by Crippen LogP contribution is -2.34. The molecule has 4 heteroatoms. The van der Waals surface area contributed by atoms with Crippen LogP contribution in [-0.4, -0.2) is 17.5 Å². The monoisotopic (exact) mass is 365 g/mol. The molecule has 0 saturated carbocycles. The molecule has 1 unspecified atom stereocenters. The average molecular weight is 365 g/mol. The van der Waals surface area contributed by atoms with Crippen molar-refractivity contribution >= 4 is 12.4 Å². The van der Waals surface area contributed by atoms with Crippen LogP contribution in [-0.2, 0) is 15.6 Å². The lowest BCUT2D eigenvalue weighted by molar-refractivity contribution is -0.110. The Morgan fingerprint density at radius 3 is 2.07 bits per heavy atom. The van der Waals surface area contributed by atoms with E-state index in [-0.39, 0.29) is 22.4 Å². The maximum atomic E-state index is 11.3. The van der Waals surface area contributed by atoms with Crippen molar-refractivity contribution in [2.45, 2.75) is 57.4 Å². The van der Waals surface area contributed by atoms with E-state index in [1.54, 1.807) is 24.3 Å². The highest BCUT2D eigenvalue weighted by atomic mass is 16.4. The summed E-state index contributed by atoms with van der Waals surface area (Å²) in [6, 6.07) is 12.8. The van der Waals surface area contributed by atoms with Crippen LogP contribution in [0.15, 0.2) is 42.5 Å². The summed E-state index contributed by atoms with van der Waals surface area (Å²) in [4.78, 5) is 22.3. The Kier molecular flexibility index (Phi) is 4.85. The molecule has 0 saturated heterocycles. The summed E-state index contributed by atoms with van der Waals surface area (Å²) >= 11 is 0. The van der Waals surface area contributed by atoms with Crippen molar-refractivity contribution in [1.82, 2.24) is 5.32 Å². The summed E-state index contributed by atoms with van der Waals surface area (Å²) in [6.45, 7) is 9.11. The minimum atomic E-state index is -0.959. The summed E-state index contributed by atoms with van der Waals surface area (Å²) in [5.74, 6) is -0.959. The van der Waals surface area contributed by atoms with Crippen LogP contribution in [0.1, 0.15) is 79.2 Å². The van der Waals surface area contributed by atoms with E-state index in [4.69, 9.17) is 5.11 Å². The van der Waals surface area contributed by atoms with Crippen LogP contribution < -0.4 is 5.32 Å². The van der Waals surface area contributed by atoms with E-state index in [9.17, 15) is 9.59 Å². The van der Waals surface area contributed by atoms with Gasteiger partial charge in [0.05, 0.1) is 11.6 Å². The largest absolute Gasteiger partial charge is 0.478 e. The zero-order valence-electron chi connectivity index (χ0n) is 16.4. The highest BCUT2D eigenvalue weighted by Gasteiger charge is 2.37. The Morgan fingerprint density at radius 2 is 1.52 bits per heavy atom. The number of amides is 1. The number of carboxylic acids is 1. The van der Waals surface area contributed by atoms with Crippen molar-refractivity contribution in [3.8, 4) is 0 Å². The van der Waals surface area contributed by atoms with Crippen molar-refractivity contribution in [2.24, 2.45) is 0 Å². The van der Waals surface area contributed by atoms with E-state index < -0.39 is 5.97 Å². The van der Waals surface area contributed by atoms with Gasteiger partial charge in [-0.3, -0.25) is 4.79 Å². The lowest BCUT2D eigenvalue weighted by atomic mass is 9.63. The van der Waals surface area contributed by atoms with E-state index in [1.807, 2.05) is 0 Å². The minimum absolute atomic E-state index is 0.0831. The summed E-state index contributed by atoms with van der Waals surface area (Å²) in [5.41, 5.74) is 5.02. The van der Waals surface area contributed by atoms with Gasteiger partial charge in [0.2, 0.25) is 6.41 Å². The second-order valence-electron chi connectivity index (χ2n) is 8.72. The SMILES string of the molecule is CC1(C)CCC(C)(C)c2cc(C(NC=O)c3ccc(C(=O)O)cc3)ccc21. The fraction of sp³-hybridized carbons (Fsp3) is 0.391. The van der Waals surface area contributed by atoms with E-state index in [1.165, 1.54) is 11.1 Å². The van der Waals surface area contributed by atoms with Crippen LogP contribution in [0, 0.1) is 0 Å². The fourth-order valence-corrected chi connectivity index (χ4v) is 4.06. The molecule has 2 aromatic rings. The van der Waals surface area contributed by atoms with Crippen LogP contribution in [0.2, 0.25) is 0 Å². The predicted molar refractivity (Wildman–Crippen MR) is 106 cm³/mol. The van der Waals surface area contributed by atoms with Gasteiger partial charge < -0.3 is 10.4 Å². The van der Waals surface area contributed by atoms with Crippen LogP contribution >= 0.6 is 0 Å². The molecule has 4 nitrogen and oxygen atoms in total. The molecular formula is C23H27NO3. The third-order valence-electron chi connectivity index (χ3n) is 5.94. The molecule has 0 aromatic heterocycles. The number of carbonyl (C=O) groups is 2. The molecule has 2 N–H and O–H groups in total. The second kappa shape index (κ2) is 6.84. The Hall–Kier alpha value is -2.62. The summed E-state index contributed by atoms with van der Waals surface area (Å²) in [6.07, 6.45) is 2.97. The van der Waals surface area contributed by atoms with Gasteiger partial charge in [-0.15, -0.1) is 0 Å². The van der Waals surface area contributed by atoms with Gasteiger partial charge >= 0.3 is 5.97 Å². The van der Waals surface area contributed by atoms with Crippen LogP contribution in [0.4, 0.5) is 0 Å². The number of benzene rings is 2. The Balaban J connectivity index is 2.07. The van der Waals surface area contributed by atoms with Crippen LogP contribution in [0.5, 0.6) is 0 Å². The smallest absolute Gasteiger partial charge is 0.335 e. The van der Waals surface area contributed by atoms with Crippen LogP contribution in [0.25, 0.3) is 0 Å². The summed E-state index contributed by atoms with van der Waals surface area (Å²) in [5, 5.41) is 12.0. The van der Waals surface area contributed by atoms with Crippen LogP contribution in [0.3, 0.4) is 0 Å². The first kappa shape index (κ1) is 19.2. The highest BCUT2D eigenvalue weighted by molar-refractivity contribution is 5.87. The van der Waals surface area contributed by atoms with Gasteiger partial charge in [-0.1, -0.05) is 58.0 Å². The maximum absolute atomic E-state index is 11.3. The van der Waals surface area contributed by atoms with E-state index in [0.717, 1.165) is 24.0 Å². The molecule has 2 aromatic carbocycles. The van der Waals surface area contributed by atoms with E-state index in [0.29, 0.717) is 6.41 Å². The summed E-state index contributed by atoms with van der Waals surface area (Å²) < 4.78 is 0. The Morgan fingerprint density at radius 1 is 0.963 bits per heavy atom. The quantitative estimate of drug-likeness (QED) is 0.763. The topological polar surface area (TPSA) is 66.4 Å². The maximum Gasteiger partial charge on any atom is 0.335 e. The van der Waals surface area contributed by atoms with Gasteiger partial charge in [-0.25, -0.2) is 4.79 Å². The number of carboxylic acid groups (broad SMARTS) is 1. The molecule has 0 aliphatic heterocycles. The first-order valence-electron chi connectivity index (χ1n) is 9.33. The molecule has 27 heavy (non-hydrogen) atoms. The van der Waals surface area contributed by atoms with Crippen molar-refractivity contribution in [1.29, 1.82) is 0 Å². The number of carbonyl (C=O) groups excluding carboxylic acids is 1. The second-order valence-corrected chi connectivity index (χ2v) is 8.72. The van der Waals surface area contributed by atoms with Gasteiger partial charge in [-0.2, -0.15) is 0 Å². The molecule has 142 valence electrons. The number of hydrogen-bond acceptors (Lipinski definition) is 2.